The summed E-state index contributed by atoms with van der Waals surface area (Å²) in [4.78, 5) is 0. The van der Waals surface area contributed by atoms with Gasteiger partial charge in [-0.3, -0.25) is 0 Å². The summed E-state index contributed by atoms with van der Waals surface area (Å²) in [5.41, 5.74) is 5.60. The maximum absolute atomic E-state index is 6.21. The number of ether oxygens (including phenoxy) is 1. The minimum Gasteiger partial charge on any atom is -0.490 e. The van der Waals surface area contributed by atoms with Crippen molar-refractivity contribution in [2.45, 2.75) is 53.6 Å². The molecule has 1 aliphatic carbocycles. The minimum atomic E-state index is 0.329. The lowest BCUT2D eigenvalue weighted by Gasteiger charge is -2.31. The number of rotatable bonds is 2. The first-order valence-electron chi connectivity index (χ1n) is 6.86. The number of allylic oxidation sites excluding steroid dienone is 1. The van der Waals surface area contributed by atoms with Crippen LogP contribution in [-0.4, -0.2) is 6.10 Å². The molecule has 0 heterocycles. The fourth-order valence-corrected chi connectivity index (χ4v) is 2.80. The van der Waals surface area contributed by atoms with Crippen molar-refractivity contribution < 1.29 is 4.74 Å². The molecule has 0 amide bonds. The van der Waals surface area contributed by atoms with Crippen LogP contribution < -0.4 is 4.74 Å². The molecule has 1 aromatic carbocycles. The van der Waals surface area contributed by atoms with E-state index in [1.807, 2.05) is 0 Å². The van der Waals surface area contributed by atoms with E-state index in [0.29, 0.717) is 12.0 Å². The molecule has 0 radical (unpaired) electrons. The summed E-state index contributed by atoms with van der Waals surface area (Å²) in [6, 6.07) is 6.47. The van der Waals surface area contributed by atoms with Crippen molar-refractivity contribution in [3.8, 4) is 5.75 Å². The van der Waals surface area contributed by atoms with E-state index < -0.39 is 0 Å². The molecular weight excluding hydrogens is 220 g/mol. The maximum atomic E-state index is 6.21. The summed E-state index contributed by atoms with van der Waals surface area (Å²) in [7, 11) is 0. The molecule has 2 rings (SSSR count). The zero-order valence-corrected chi connectivity index (χ0v) is 12.2. The molecule has 1 heteroatoms. The highest BCUT2D eigenvalue weighted by Crippen LogP contribution is 2.32. The van der Waals surface area contributed by atoms with Gasteiger partial charge in [-0.2, -0.15) is 0 Å². The number of hydrogen-bond donors (Lipinski definition) is 0. The molecule has 0 bridgehead atoms. The molecule has 0 saturated heterocycles. The second kappa shape index (κ2) is 5.17. The third-order valence-corrected chi connectivity index (χ3v) is 3.98. The Morgan fingerprint density at radius 3 is 2.06 bits per heavy atom. The Hall–Kier alpha value is -1.24. The van der Waals surface area contributed by atoms with Gasteiger partial charge < -0.3 is 4.74 Å². The molecule has 0 spiro atoms. The first kappa shape index (κ1) is 13.2. The second-order valence-electron chi connectivity index (χ2n) is 5.93. The number of hydrogen-bond acceptors (Lipinski definition) is 1. The van der Waals surface area contributed by atoms with E-state index in [4.69, 9.17) is 4.74 Å². The predicted octanol–water partition coefficient (Wildman–Crippen LogP) is 4.82. The summed E-state index contributed by atoms with van der Waals surface area (Å²) in [6.45, 7) is 11.0. The fourth-order valence-electron chi connectivity index (χ4n) is 2.80. The summed E-state index contributed by atoms with van der Waals surface area (Å²) in [5.74, 6) is 1.63. The van der Waals surface area contributed by atoms with Gasteiger partial charge in [-0.25, -0.2) is 0 Å². The largest absolute Gasteiger partial charge is 0.490 e. The highest BCUT2D eigenvalue weighted by atomic mass is 16.5. The molecule has 18 heavy (non-hydrogen) atoms. The average Bonchev–Trinajstić information content (AvgIpc) is 2.24. The smallest absolute Gasteiger partial charge is 0.120 e. The molecule has 1 aliphatic rings. The van der Waals surface area contributed by atoms with E-state index in [1.165, 1.54) is 23.1 Å². The molecule has 0 N–H and O–H groups in total. The van der Waals surface area contributed by atoms with Crippen LogP contribution in [0.1, 0.15) is 44.7 Å². The van der Waals surface area contributed by atoms with Crippen LogP contribution in [0, 0.1) is 19.8 Å². The van der Waals surface area contributed by atoms with Gasteiger partial charge in [0.2, 0.25) is 0 Å². The molecule has 0 aliphatic heterocycles. The van der Waals surface area contributed by atoms with Gasteiger partial charge in [0.15, 0.2) is 0 Å². The normalized spacial score (nSPS) is 24.3. The maximum Gasteiger partial charge on any atom is 0.120 e. The molecule has 0 fully saturated rings. The Labute approximate surface area is 111 Å². The zero-order chi connectivity index (χ0) is 13.3. The van der Waals surface area contributed by atoms with Gasteiger partial charge in [0.25, 0.3) is 0 Å². The van der Waals surface area contributed by atoms with Crippen molar-refractivity contribution in [3.05, 3.63) is 40.5 Å². The number of benzene rings is 1. The van der Waals surface area contributed by atoms with E-state index in [-0.39, 0.29) is 0 Å². The van der Waals surface area contributed by atoms with Gasteiger partial charge in [0.05, 0.1) is 0 Å². The molecule has 0 aromatic heterocycles. The van der Waals surface area contributed by atoms with Gasteiger partial charge in [0, 0.05) is 6.42 Å². The third kappa shape index (κ3) is 2.95. The quantitative estimate of drug-likeness (QED) is 0.678. The van der Waals surface area contributed by atoms with Crippen LogP contribution in [0.3, 0.4) is 0 Å². The predicted molar refractivity (Wildman–Crippen MR) is 77.1 cm³/mol. The van der Waals surface area contributed by atoms with Crippen LogP contribution in [0.15, 0.2) is 29.3 Å². The first-order valence-corrected chi connectivity index (χ1v) is 6.86. The van der Waals surface area contributed by atoms with E-state index in [0.717, 1.165) is 12.2 Å². The van der Waals surface area contributed by atoms with Crippen LogP contribution in [-0.2, 0) is 0 Å². The lowest BCUT2D eigenvalue weighted by Crippen LogP contribution is -2.29. The highest BCUT2D eigenvalue weighted by molar-refractivity contribution is 5.33. The monoisotopic (exact) mass is 244 g/mol. The Balaban J connectivity index is 2.14. The van der Waals surface area contributed by atoms with Crippen LogP contribution in [0.2, 0.25) is 0 Å². The number of aryl methyl sites for hydroxylation is 2. The summed E-state index contributed by atoms with van der Waals surface area (Å²) in [6.07, 6.45) is 2.57. The highest BCUT2D eigenvalue weighted by Gasteiger charge is 2.25. The molecule has 98 valence electrons. The Morgan fingerprint density at radius 1 is 0.889 bits per heavy atom. The van der Waals surface area contributed by atoms with Crippen LogP contribution in [0.5, 0.6) is 5.75 Å². The van der Waals surface area contributed by atoms with Crippen molar-refractivity contribution >= 4 is 0 Å². The van der Waals surface area contributed by atoms with Crippen molar-refractivity contribution in [1.29, 1.82) is 0 Å². The van der Waals surface area contributed by atoms with Crippen molar-refractivity contribution in [1.82, 2.24) is 0 Å². The van der Waals surface area contributed by atoms with Crippen molar-refractivity contribution in [3.63, 3.8) is 0 Å². The van der Waals surface area contributed by atoms with Crippen LogP contribution >= 0.6 is 0 Å². The Bertz CT molecular complexity index is 450. The summed E-state index contributed by atoms with van der Waals surface area (Å²) < 4.78 is 6.21. The van der Waals surface area contributed by atoms with E-state index in [1.54, 1.807) is 5.57 Å². The average molecular weight is 244 g/mol. The molecule has 0 unspecified atom stereocenters. The Morgan fingerprint density at radius 2 is 1.44 bits per heavy atom. The summed E-state index contributed by atoms with van der Waals surface area (Å²) in [5, 5.41) is 0. The van der Waals surface area contributed by atoms with Crippen LogP contribution in [0.4, 0.5) is 0 Å². The summed E-state index contributed by atoms with van der Waals surface area (Å²) >= 11 is 0. The minimum absolute atomic E-state index is 0.329. The lowest BCUT2D eigenvalue weighted by atomic mass is 9.84. The van der Waals surface area contributed by atoms with Gasteiger partial charge in [-0.05, 0) is 63.3 Å². The third-order valence-electron chi connectivity index (χ3n) is 3.98. The van der Waals surface area contributed by atoms with Gasteiger partial charge >= 0.3 is 0 Å². The van der Waals surface area contributed by atoms with Gasteiger partial charge in [-0.15, -0.1) is 0 Å². The zero-order valence-electron chi connectivity index (χ0n) is 12.2. The van der Waals surface area contributed by atoms with Gasteiger partial charge in [0.1, 0.15) is 11.9 Å². The van der Waals surface area contributed by atoms with E-state index in [9.17, 15) is 0 Å². The molecular formula is C17H24O. The topological polar surface area (TPSA) is 9.23 Å². The Kier molecular flexibility index (Phi) is 3.79. The lowest BCUT2D eigenvalue weighted by molar-refractivity contribution is 0.134. The SMILES string of the molecule is CC1=C(C)C[C@@H](Oc2cc(C)cc(C)c2)[C@H](C)C1. The standard InChI is InChI=1S/C17H24O/c1-11-6-12(2)8-16(7-11)18-17-10-14(4)13(3)9-15(17)5/h6-8,15,17H,9-10H2,1-5H3/t15-,17-/m1/s1. The fraction of sp³-hybridized carbons (Fsp3) is 0.529. The molecule has 1 nitrogen and oxygen atoms in total. The van der Waals surface area contributed by atoms with E-state index >= 15 is 0 Å². The molecule has 2 atom stereocenters. The molecule has 1 aromatic rings. The second-order valence-corrected chi connectivity index (χ2v) is 5.93. The van der Waals surface area contributed by atoms with Crippen LogP contribution in [0.25, 0.3) is 0 Å². The first-order chi connectivity index (χ1) is 8.45. The van der Waals surface area contributed by atoms with Crippen molar-refractivity contribution in [2.75, 3.05) is 0 Å². The van der Waals surface area contributed by atoms with E-state index in [2.05, 4.69) is 52.8 Å². The van der Waals surface area contributed by atoms with Crippen molar-refractivity contribution in [2.24, 2.45) is 5.92 Å². The molecule has 0 saturated carbocycles. The van der Waals surface area contributed by atoms with Gasteiger partial charge in [-0.1, -0.05) is 24.1 Å².